The number of anilines is 1. The van der Waals surface area contributed by atoms with E-state index in [9.17, 15) is 9.59 Å². The number of amides is 2. The molecule has 5 nitrogen and oxygen atoms in total. The zero-order valence-electron chi connectivity index (χ0n) is 14.5. The molecule has 1 N–H and O–H groups in total. The van der Waals surface area contributed by atoms with Gasteiger partial charge < -0.3 is 4.90 Å². The van der Waals surface area contributed by atoms with E-state index in [0.29, 0.717) is 39.9 Å². The molecule has 26 heavy (non-hydrogen) atoms. The van der Waals surface area contributed by atoms with E-state index in [4.69, 9.17) is 11.6 Å². The number of para-hydroxylation sites is 1. The third-order valence-electron chi connectivity index (χ3n) is 4.03. The molecule has 7 heteroatoms. The van der Waals surface area contributed by atoms with Crippen molar-refractivity contribution >= 4 is 50.1 Å². The summed E-state index contributed by atoms with van der Waals surface area (Å²) in [5.74, 6) is -0.315. The van der Waals surface area contributed by atoms with E-state index in [1.54, 1.807) is 35.2 Å². The fraction of sp³-hybridized carbons (Fsp3) is 0.211. The van der Waals surface area contributed by atoms with E-state index in [2.05, 4.69) is 10.3 Å². The van der Waals surface area contributed by atoms with Crippen molar-refractivity contribution < 1.29 is 9.59 Å². The molecule has 3 aromatic rings. The van der Waals surface area contributed by atoms with Gasteiger partial charge in [-0.05, 0) is 50.2 Å². The minimum atomic E-state index is -0.276. The van der Waals surface area contributed by atoms with E-state index in [-0.39, 0.29) is 11.8 Å². The third-order valence-corrected chi connectivity index (χ3v) is 5.28. The highest BCUT2D eigenvalue weighted by Crippen LogP contribution is 2.30. The van der Waals surface area contributed by atoms with Crippen LogP contribution in [-0.4, -0.2) is 34.8 Å². The summed E-state index contributed by atoms with van der Waals surface area (Å²) in [7, 11) is 0. The van der Waals surface area contributed by atoms with Crippen LogP contribution in [0.3, 0.4) is 0 Å². The lowest BCUT2D eigenvalue weighted by Crippen LogP contribution is -2.30. The van der Waals surface area contributed by atoms with Crippen LogP contribution in [-0.2, 0) is 0 Å². The molecule has 0 bridgehead atoms. The van der Waals surface area contributed by atoms with E-state index in [1.807, 2.05) is 26.0 Å². The summed E-state index contributed by atoms with van der Waals surface area (Å²) in [6.45, 7) is 5.18. The molecule has 134 valence electrons. The Hall–Kier alpha value is -2.44. The summed E-state index contributed by atoms with van der Waals surface area (Å²) in [6, 6.07) is 12.2. The average Bonchev–Trinajstić information content (AvgIpc) is 3.06. The van der Waals surface area contributed by atoms with Crippen molar-refractivity contribution in [3.8, 4) is 0 Å². The van der Waals surface area contributed by atoms with Crippen LogP contribution in [0.15, 0.2) is 42.5 Å². The number of halogens is 1. The molecule has 0 unspecified atom stereocenters. The lowest BCUT2D eigenvalue weighted by atomic mass is 10.1. The van der Waals surface area contributed by atoms with Gasteiger partial charge in [-0.15, -0.1) is 0 Å². The largest absolute Gasteiger partial charge is 0.339 e. The van der Waals surface area contributed by atoms with Crippen molar-refractivity contribution in [1.82, 2.24) is 9.88 Å². The van der Waals surface area contributed by atoms with E-state index in [1.165, 1.54) is 11.3 Å². The number of fused-ring (bicyclic) bond motifs is 1. The normalized spacial score (nSPS) is 10.7. The molecule has 0 aliphatic carbocycles. The molecule has 2 amide bonds. The first-order valence-electron chi connectivity index (χ1n) is 8.29. The zero-order chi connectivity index (χ0) is 18.7. The number of rotatable bonds is 5. The lowest BCUT2D eigenvalue weighted by molar-refractivity contribution is 0.0772. The van der Waals surface area contributed by atoms with Gasteiger partial charge in [0.1, 0.15) is 5.52 Å². The van der Waals surface area contributed by atoms with Crippen molar-refractivity contribution in [3.05, 3.63) is 58.6 Å². The van der Waals surface area contributed by atoms with E-state index >= 15 is 0 Å². The minimum Gasteiger partial charge on any atom is -0.339 e. The molecule has 0 aliphatic rings. The van der Waals surface area contributed by atoms with Crippen LogP contribution < -0.4 is 5.32 Å². The van der Waals surface area contributed by atoms with E-state index in [0.717, 1.165) is 4.70 Å². The van der Waals surface area contributed by atoms with Crippen LogP contribution in [0.5, 0.6) is 0 Å². The van der Waals surface area contributed by atoms with Gasteiger partial charge >= 0.3 is 0 Å². The molecule has 0 saturated carbocycles. The van der Waals surface area contributed by atoms with Crippen molar-refractivity contribution in [2.24, 2.45) is 0 Å². The Bertz CT molecular complexity index is 949. The number of carbonyl (C=O) groups excluding carboxylic acids is 2. The molecule has 3 rings (SSSR count). The monoisotopic (exact) mass is 387 g/mol. The summed E-state index contributed by atoms with van der Waals surface area (Å²) < 4.78 is 0.910. The third kappa shape index (κ3) is 3.71. The maximum absolute atomic E-state index is 12.4. The Kier molecular flexibility index (Phi) is 5.54. The molecule has 2 aromatic carbocycles. The van der Waals surface area contributed by atoms with Crippen LogP contribution in [0.25, 0.3) is 10.2 Å². The summed E-state index contributed by atoms with van der Waals surface area (Å²) in [5, 5.41) is 3.82. The van der Waals surface area contributed by atoms with Gasteiger partial charge in [0.05, 0.1) is 9.72 Å². The molecule has 1 aromatic heterocycles. The van der Waals surface area contributed by atoms with Crippen LogP contribution in [0.2, 0.25) is 5.02 Å². The van der Waals surface area contributed by atoms with Crippen molar-refractivity contribution in [2.75, 3.05) is 18.4 Å². The second-order valence-corrected chi connectivity index (χ2v) is 7.05. The number of carbonyl (C=O) groups is 2. The first-order valence-corrected chi connectivity index (χ1v) is 9.48. The lowest BCUT2D eigenvalue weighted by Gasteiger charge is -2.18. The van der Waals surface area contributed by atoms with Gasteiger partial charge in [-0.2, -0.15) is 0 Å². The second kappa shape index (κ2) is 7.85. The number of thiazole rings is 1. The molecule has 0 atom stereocenters. The Labute approximate surface area is 160 Å². The Morgan fingerprint density at radius 2 is 1.73 bits per heavy atom. The van der Waals surface area contributed by atoms with Gasteiger partial charge in [-0.3, -0.25) is 14.9 Å². The zero-order valence-corrected chi connectivity index (χ0v) is 16.0. The van der Waals surface area contributed by atoms with Gasteiger partial charge in [0.25, 0.3) is 11.8 Å². The highest BCUT2D eigenvalue weighted by Gasteiger charge is 2.15. The maximum Gasteiger partial charge on any atom is 0.257 e. The van der Waals surface area contributed by atoms with Gasteiger partial charge in [-0.25, -0.2) is 4.98 Å². The highest BCUT2D eigenvalue weighted by atomic mass is 35.5. The number of hydrogen-bond donors (Lipinski definition) is 1. The fourth-order valence-electron chi connectivity index (χ4n) is 2.60. The molecular formula is C19H18ClN3O2S. The first kappa shape index (κ1) is 18.4. The quantitative estimate of drug-likeness (QED) is 0.691. The van der Waals surface area contributed by atoms with Gasteiger partial charge in [-0.1, -0.05) is 29.0 Å². The van der Waals surface area contributed by atoms with Crippen molar-refractivity contribution in [2.45, 2.75) is 13.8 Å². The Balaban J connectivity index is 1.75. The summed E-state index contributed by atoms with van der Waals surface area (Å²) >= 11 is 7.48. The number of aromatic nitrogens is 1. The smallest absolute Gasteiger partial charge is 0.257 e. The van der Waals surface area contributed by atoms with Gasteiger partial charge in [0.15, 0.2) is 5.13 Å². The Morgan fingerprint density at radius 1 is 1.08 bits per heavy atom. The van der Waals surface area contributed by atoms with Crippen LogP contribution in [0, 0.1) is 0 Å². The second-order valence-electron chi connectivity index (χ2n) is 5.61. The minimum absolute atomic E-state index is 0.0391. The summed E-state index contributed by atoms with van der Waals surface area (Å²) in [6.07, 6.45) is 0. The molecule has 0 radical (unpaired) electrons. The number of hydrogen-bond acceptors (Lipinski definition) is 4. The van der Waals surface area contributed by atoms with Gasteiger partial charge in [0.2, 0.25) is 0 Å². The van der Waals surface area contributed by atoms with E-state index < -0.39 is 0 Å². The molecule has 0 saturated heterocycles. The molecule has 0 fully saturated rings. The molecule has 1 heterocycles. The van der Waals surface area contributed by atoms with Crippen molar-refractivity contribution in [3.63, 3.8) is 0 Å². The SMILES string of the molecule is CCN(CC)C(=O)c1ccc(C(=O)Nc2nc3c(Cl)cccc3s2)cc1. The number of nitrogens with one attached hydrogen (secondary N) is 1. The fourth-order valence-corrected chi connectivity index (χ4v) is 3.76. The van der Waals surface area contributed by atoms with Crippen LogP contribution >= 0.6 is 22.9 Å². The predicted octanol–water partition coefficient (Wildman–Crippen LogP) is 4.68. The predicted molar refractivity (Wildman–Crippen MR) is 106 cm³/mol. The standard InChI is InChI=1S/C19H18ClN3O2S/c1-3-23(4-2)18(25)13-10-8-12(9-11-13)17(24)22-19-21-16-14(20)6-5-7-15(16)26-19/h5-11H,3-4H2,1-2H3,(H,21,22,24). The first-order chi connectivity index (χ1) is 12.5. The maximum atomic E-state index is 12.4. The molecule has 0 spiro atoms. The summed E-state index contributed by atoms with van der Waals surface area (Å²) in [5.41, 5.74) is 1.71. The average molecular weight is 388 g/mol. The van der Waals surface area contributed by atoms with Gasteiger partial charge in [0, 0.05) is 24.2 Å². The molecule has 0 aliphatic heterocycles. The van der Waals surface area contributed by atoms with Crippen LogP contribution in [0.1, 0.15) is 34.6 Å². The highest BCUT2D eigenvalue weighted by molar-refractivity contribution is 7.22. The molecular weight excluding hydrogens is 370 g/mol. The summed E-state index contributed by atoms with van der Waals surface area (Å²) in [4.78, 5) is 30.8. The number of nitrogens with zero attached hydrogens (tertiary/aromatic N) is 2. The van der Waals surface area contributed by atoms with Crippen molar-refractivity contribution in [1.29, 1.82) is 0 Å². The van der Waals surface area contributed by atoms with Crippen LogP contribution in [0.4, 0.5) is 5.13 Å². The number of benzene rings is 2. The Morgan fingerprint density at radius 3 is 2.35 bits per heavy atom. The topological polar surface area (TPSA) is 62.3 Å².